The van der Waals surface area contributed by atoms with Gasteiger partial charge in [0.1, 0.15) is 11.5 Å². The van der Waals surface area contributed by atoms with Crippen molar-refractivity contribution in [1.29, 1.82) is 0 Å². The second-order valence-corrected chi connectivity index (χ2v) is 7.58. The molecule has 0 aliphatic heterocycles. The highest BCUT2D eigenvalue weighted by Gasteiger charge is 2.64. The molecule has 3 atom stereocenters. The van der Waals surface area contributed by atoms with Crippen molar-refractivity contribution >= 4 is 17.8 Å². The molecule has 1 heterocycles. The van der Waals surface area contributed by atoms with Crippen molar-refractivity contribution in [2.75, 3.05) is 0 Å². The summed E-state index contributed by atoms with van der Waals surface area (Å²) < 4.78 is 5.67. The summed E-state index contributed by atoms with van der Waals surface area (Å²) in [5.74, 6) is 1.65. The molecule has 0 unspecified atom stereocenters. The summed E-state index contributed by atoms with van der Waals surface area (Å²) in [6.45, 7) is 2.20. The lowest BCUT2D eigenvalue weighted by Gasteiger charge is -2.15. The molecular formula is C20H21N3O4. The van der Waals surface area contributed by atoms with Gasteiger partial charge in [0, 0.05) is 23.6 Å². The zero-order valence-corrected chi connectivity index (χ0v) is 15.1. The number of hydrogen-bond donors (Lipinski definition) is 1. The summed E-state index contributed by atoms with van der Waals surface area (Å²) >= 11 is 0. The molecule has 2 saturated carbocycles. The number of carbonyl (C=O) groups is 1. The molecule has 1 amide bonds. The van der Waals surface area contributed by atoms with Gasteiger partial charge in [0.15, 0.2) is 0 Å². The van der Waals surface area contributed by atoms with Gasteiger partial charge < -0.3 is 4.42 Å². The molecule has 2 aromatic rings. The monoisotopic (exact) mass is 367 g/mol. The molecule has 2 aliphatic carbocycles. The number of hydrazone groups is 1. The van der Waals surface area contributed by atoms with Crippen LogP contribution in [0.25, 0.3) is 11.3 Å². The van der Waals surface area contributed by atoms with E-state index in [1.807, 2.05) is 0 Å². The lowest BCUT2D eigenvalue weighted by Crippen LogP contribution is -2.22. The SMILES string of the molecule is C[C@]12CCCC[C@@H]1[C@@H]2C(=O)N/N=C\c1ccc(-c2ccc([N+](=O)[O-])cc2)o1. The predicted molar refractivity (Wildman–Crippen MR) is 100 cm³/mol. The maximum atomic E-state index is 12.4. The summed E-state index contributed by atoms with van der Waals surface area (Å²) in [5.41, 5.74) is 3.56. The third-order valence-corrected chi connectivity index (χ3v) is 5.97. The van der Waals surface area contributed by atoms with Crippen LogP contribution in [0.3, 0.4) is 0 Å². The van der Waals surface area contributed by atoms with Crippen molar-refractivity contribution in [3.63, 3.8) is 0 Å². The third-order valence-electron chi connectivity index (χ3n) is 5.97. The van der Waals surface area contributed by atoms with Crippen molar-refractivity contribution < 1.29 is 14.1 Å². The first kappa shape index (κ1) is 17.5. The van der Waals surface area contributed by atoms with Gasteiger partial charge in [-0.25, -0.2) is 5.43 Å². The van der Waals surface area contributed by atoms with E-state index >= 15 is 0 Å². The van der Waals surface area contributed by atoms with E-state index in [1.165, 1.54) is 31.2 Å². The maximum absolute atomic E-state index is 12.4. The van der Waals surface area contributed by atoms with Crippen molar-refractivity contribution in [1.82, 2.24) is 5.43 Å². The quantitative estimate of drug-likeness (QED) is 0.488. The zero-order chi connectivity index (χ0) is 19.0. The topological polar surface area (TPSA) is 97.7 Å². The van der Waals surface area contributed by atoms with Gasteiger partial charge in [-0.15, -0.1) is 0 Å². The largest absolute Gasteiger partial charge is 0.455 e. The van der Waals surface area contributed by atoms with E-state index in [0.717, 1.165) is 18.4 Å². The Labute approximate surface area is 156 Å². The van der Waals surface area contributed by atoms with Gasteiger partial charge in [-0.05, 0) is 48.4 Å². The number of carbonyl (C=O) groups excluding carboxylic acids is 1. The van der Waals surface area contributed by atoms with E-state index in [-0.39, 0.29) is 22.9 Å². The molecule has 0 saturated heterocycles. The van der Waals surface area contributed by atoms with Crippen LogP contribution in [0.2, 0.25) is 0 Å². The van der Waals surface area contributed by atoms with Gasteiger partial charge in [-0.3, -0.25) is 14.9 Å². The lowest BCUT2D eigenvalue weighted by molar-refractivity contribution is -0.384. The van der Waals surface area contributed by atoms with E-state index in [4.69, 9.17) is 4.42 Å². The van der Waals surface area contributed by atoms with Crippen molar-refractivity contribution in [3.05, 3.63) is 52.3 Å². The molecule has 1 aromatic heterocycles. The smallest absolute Gasteiger partial charge is 0.269 e. The molecule has 0 bridgehead atoms. The molecule has 4 rings (SSSR count). The number of nitro benzene ring substituents is 1. The van der Waals surface area contributed by atoms with Crippen LogP contribution in [-0.2, 0) is 4.79 Å². The number of nitro groups is 1. The number of rotatable bonds is 5. The number of fused-ring (bicyclic) bond motifs is 1. The Balaban J connectivity index is 1.36. The Morgan fingerprint density at radius 3 is 2.74 bits per heavy atom. The molecule has 7 nitrogen and oxygen atoms in total. The fourth-order valence-corrected chi connectivity index (χ4v) is 4.40. The predicted octanol–water partition coefficient (Wildman–Crippen LogP) is 4.13. The van der Waals surface area contributed by atoms with E-state index < -0.39 is 4.92 Å². The van der Waals surface area contributed by atoms with Crippen LogP contribution < -0.4 is 5.43 Å². The van der Waals surface area contributed by atoms with E-state index in [9.17, 15) is 14.9 Å². The third kappa shape index (κ3) is 3.25. The van der Waals surface area contributed by atoms with Gasteiger partial charge in [-0.1, -0.05) is 19.8 Å². The van der Waals surface area contributed by atoms with Crippen LogP contribution in [0.1, 0.15) is 38.4 Å². The van der Waals surface area contributed by atoms with E-state index in [0.29, 0.717) is 17.4 Å². The number of amides is 1. The molecule has 2 fully saturated rings. The fraction of sp³-hybridized carbons (Fsp3) is 0.400. The summed E-state index contributed by atoms with van der Waals surface area (Å²) in [4.78, 5) is 22.6. The fourth-order valence-electron chi connectivity index (χ4n) is 4.40. The average Bonchev–Trinajstić information content (AvgIpc) is 3.03. The molecule has 2 aliphatic rings. The van der Waals surface area contributed by atoms with Crippen molar-refractivity contribution in [2.24, 2.45) is 22.4 Å². The Morgan fingerprint density at radius 2 is 2.07 bits per heavy atom. The average molecular weight is 367 g/mol. The Morgan fingerprint density at radius 1 is 1.30 bits per heavy atom. The van der Waals surface area contributed by atoms with Crippen molar-refractivity contribution in [3.8, 4) is 11.3 Å². The minimum absolute atomic E-state index is 0.0113. The van der Waals surface area contributed by atoms with Gasteiger partial charge in [0.05, 0.1) is 11.1 Å². The normalized spacial score (nSPS) is 26.6. The number of benzene rings is 1. The Bertz CT molecular complexity index is 902. The minimum atomic E-state index is -0.441. The number of non-ortho nitro benzene ring substituents is 1. The van der Waals surface area contributed by atoms with Crippen LogP contribution in [0.4, 0.5) is 5.69 Å². The van der Waals surface area contributed by atoms with Crippen molar-refractivity contribution in [2.45, 2.75) is 32.6 Å². The van der Waals surface area contributed by atoms with Gasteiger partial charge in [0.25, 0.3) is 5.69 Å². The highest BCUT2D eigenvalue weighted by molar-refractivity contribution is 5.85. The minimum Gasteiger partial charge on any atom is -0.455 e. The molecule has 7 heteroatoms. The number of nitrogens with zero attached hydrogens (tertiary/aromatic N) is 2. The van der Waals surface area contributed by atoms with Crippen LogP contribution in [-0.4, -0.2) is 17.0 Å². The first-order chi connectivity index (χ1) is 13.0. The Hall–Kier alpha value is -2.96. The van der Waals surface area contributed by atoms with Crippen LogP contribution in [0.5, 0.6) is 0 Å². The molecule has 0 spiro atoms. The van der Waals surface area contributed by atoms with E-state index in [1.54, 1.807) is 24.3 Å². The summed E-state index contributed by atoms with van der Waals surface area (Å²) in [6.07, 6.45) is 6.15. The van der Waals surface area contributed by atoms with Gasteiger partial charge >= 0.3 is 0 Å². The van der Waals surface area contributed by atoms with Crippen LogP contribution >= 0.6 is 0 Å². The van der Waals surface area contributed by atoms with Gasteiger partial charge in [0.2, 0.25) is 5.91 Å². The molecule has 27 heavy (non-hydrogen) atoms. The van der Waals surface area contributed by atoms with E-state index in [2.05, 4.69) is 17.5 Å². The van der Waals surface area contributed by atoms with Gasteiger partial charge in [-0.2, -0.15) is 5.10 Å². The summed E-state index contributed by atoms with van der Waals surface area (Å²) in [5, 5.41) is 14.7. The molecule has 1 N–H and O–H groups in total. The standard InChI is InChI=1S/C20H21N3O4/c1-20-11-3-2-4-16(20)18(20)19(24)22-21-12-15-9-10-17(27-15)13-5-7-14(8-6-13)23(25)26/h5-10,12,16,18H,2-4,11H2,1H3,(H,22,24)/b21-12-/t16-,18-,20+/m1/s1. The lowest BCUT2D eigenvalue weighted by atomic mass is 9.90. The van der Waals surface area contributed by atoms with Crippen LogP contribution in [0.15, 0.2) is 45.9 Å². The van der Waals surface area contributed by atoms with Crippen LogP contribution in [0, 0.1) is 27.4 Å². The molecule has 0 radical (unpaired) electrons. The Kier molecular flexibility index (Phi) is 4.30. The second kappa shape index (κ2) is 6.64. The number of furan rings is 1. The summed E-state index contributed by atoms with van der Waals surface area (Å²) in [7, 11) is 0. The highest BCUT2D eigenvalue weighted by Crippen LogP contribution is 2.66. The first-order valence-electron chi connectivity index (χ1n) is 9.16. The zero-order valence-electron chi connectivity index (χ0n) is 15.1. The number of nitrogens with one attached hydrogen (secondary N) is 1. The molecular weight excluding hydrogens is 346 g/mol. The first-order valence-corrected chi connectivity index (χ1v) is 9.16. The highest BCUT2D eigenvalue weighted by atomic mass is 16.6. The maximum Gasteiger partial charge on any atom is 0.269 e. The molecule has 140 valence electrons. The number of hydrogen-bond acceptors (Lipinski definition) is 5. The summed E-state index contributed by atoms with van der Waals surface area (Å²) in [6, 6.07) is 9.64. The second-order valence-electron chi connectivity index (χ2n) is 7.58. The molecule has 1 aromatic carbocycles.